The van der Waals surface area contributed by atoms with Gasteiger partial charge in [0.2, 0.25) is 0 Å². The zero-order valence-electron chi connectivity index (χ0n) is 10.3. The lowest BCUT2D eigenvalue weighted by molar-refractivity contribution is 0.0873. The van der Waals surface area contributed by atoms with Crippen molar-refractivity contribution < 1.29 is 9.00 Å². The Morgan fingerprint density at radius 1 is 1.22 bits per heavy atom. The number of hydrogen-bond donors (Lipinski definition) is 0. The molecule has 0 saturated heterocycles. The van der Waals surface area contributed by atoms with Crippen LogP contribution in [-0.4, -0.2) is 26.7 Å². The quantitative estimate of drug-likeness (QED) is 0.743. The van der Waals surface area contributed by atoms with E-state index in [9.17, 15) is 9.00 Å². The Labute approximate surface area is 114 Å². The minimum atomic E-state index is -1.27. The van der Waals surface area contributed by atoms with Gasteiger partial charge in [-0.05, 0) is 38.1 Å². The first-order valence-electron chi connectivity index (χ1n) is 5.60. The normalized spacial score (nSPS) is 20.2. The standard InChI is InChI=1S/C13H14ClNO2S/c1-9-7-15(18(17)8-10(9)2)13(16)11-3-5-12(14)6-4-11/h3-6H,7-8H2,1-2H3. The van der Waals surface area contributed by atoms with Crippen LogP contribution in [0.3, 0.4) is 0 Å². The van der Waals surface area contributed by atoms with E-state index in [0.717, 1.165) is 11.1 Å². The number of benzene rings is 1. The molecule has 1 aromatic rings. The molecule has 1 atom stereocenters. The second-order valence-electron chi connectivity index (χ2n) is 4.38. The summed E-state index contributed by atoms with van der Waals surface area (Å²) >= 11 is 5.78. The molecule has 3 nitrogen and oxygen atoms in total. The van der Waals surface area contributed by atoms with E-state index in [1.807, 2.05) is 13.8 Å². The van der Waals surface area contributed by atoms with Gasteiger partial charge in [0.25, 0.3) is 5.91 Å². The van der Waals surface area contributed by atoms with E-state index >= 15 is 0 Å². The van der Waals surface area contributed by atoms with Gasteiger partial charge in [0.15, 0.2) is 0 Å². The van der Waals surface area contributed by atoms with Crippen molar-refractivity contribution in [2.45, 2.75) is 13.8 Å². The smallest absolute Gasteiger partial charge is 0.265 e. The Bertz CT molecular complexity index is 536. The maximum Gasteiger partial charge on any atom is 0.265 e. The number of amides is 1. The van der Waals surface area contributed by atoms with Crippen molar-refractivity contribution in [3.8, 4) is 0 Å². The average molecular weight is 284 g/mol. The van der Waals surface area contributed by atoms with E-state index < -0.39 is 11.0 Å². The molecule has 0 radical (unpaired) electrons. The molecule has 0 aromatic heterocycles. The summed E-state index contributed by atoms with van der Waals surface area (Å²) in [4.78, 5) is 12.2. The number of hydrogen-bond acceptors (Lipinski definition) is 2. The third-order valence-corrected chi connectivity index (χ3v) is 4.73. The fourth-order valence-electron chi connectivity index (χ4n) is 1.71. The van der Waals surface area contributed by atoms with Crippen LogP contribution in [0.15, 0.2) is 35.4 Å². The molecule has 96 valence electrons. The number of halogens is 1. The van der Waals surface area contributed by atoms with Gasteiger partial charge >= 0.3 is 0 Å². The predicted molar refractivity (Wildman–Crippen MR) is 73.9 cm³/mol. The SMILES string of the molecule is CC1=C(C)CS(=O)N(C(=O)c2ccc(Cl)cc2)C1. The van der Waals surface area contributed by atoms with Crippen LogP contribution in [0.5, 0.6) is 0 Å². The van der Waals surface area contributed by atoms with E-state index in [2.05, 4.69) is 0 Å². The summed E-state index contributed by atoms with van der Waals surface area (Å²) in [6.45, 7) is 4.35. The Hall–Kier alpha value is -1.13. The van der Waals surface area contributed by atoms with Crippen LogP contribution in [0.4, 0.5) is 0 Å². The maximum absolute atomic E-state index is 12.2. The van der Waals surface area contributed by atoms with Gasteiger partial charge in [0.1, 0.15) is 11.0 Å². The van der Waals surface area contributed by atoms with E-state index in [1.165, 1.54) is 4.31 Å². The molecule has 0 saturated carbocycles. The summed E-state index contributed by atoms with van der Waals surface area (Å²) in [6, 6.07) is 6.63. The van der Waals surface area contributed by atoms with Crippen molar-refractivity contribution >= 4 is 28.5 Å². The van der Waals surface area contributed by atoms with E-state index in [-0.39, 0.29) is 5.91 Å². The van der Waals surface area contributed by atoms with Crippen molar-refractivity contribution in [2.75, 3.05) is 12.3 Å². The molecular weight excluding hydrogens is 270 g/mol. The van der Waals surface area contributed by atoms with Crippen LogP contribution in [0.25, 0.3) is 0 Å². The van der Waals surface area contributed by atoms with Crippen LogP contribution in [0, 0.1) is 0 Å². The van der Waals surface area contributed by atoms with Gasteiger partial charge in [0, 0.05) is 10.6 Å². The zero-order chi connectivity index (χ0) is 13.3. The zero-order valence-corrected chi connectivity index (χ0v) is 11.8. The third-order valence-electron chi connectivity index (χ3n) is 3.01. The minimum absolute atomic E-state index is 0.211. The van der Waals surface area contributed by atoms with Gasteiger partial charge in [-0.2, -0.15) is 0 Å². The van der Waals surface area contributed by atoms with Crippen LogP contribution in [0.1, 0.15) is 24.2 Å². The lowest BCUT2D eigenvalue weighted by Crippen LogP contribution is -2.39. The highest BCUT2D eigenvalue weighted by atomic mass is 35.5. The second kappa shape index (κ2) is 5.24. The van der Waals surface area contributed by atoms with Crippen LogP contribution >= 0.6 is 11.6 Å². The molecular formula is C13H14ClNO2S. The lowest BCUT2D eigenvalue weighted by Gasteiger charge is -2.27. The predicted octanol–water partition coefficient (Wildman–Crippen LogP) is 2.80. The number of nitrogens with zero attached hydrogens (tertiary/aromatic N) is 1. The van der Waals surface area contributed by atoms with Gasteiger partial charge in [-0.15, -0.1) is 0 Å². The lowest BCUT2D eigenvalue weighted by atomic mass is 10.1. The molecule has 18 heavy (non-hydrogen) atoms. The van der Waals surface area contributed by atoms with Gasteiger partial charge in [-0.1, -0.05) is 22.7 Å². The van der Waals surface area contributed by atoms with Crippen molar-refractivity contribution in [2.24, 2.45) is 0 Å². The first kappa shape index (κ1) is 13.3. The Balaban J connectivity index is 2.25. The van der Waals surface area contributed by atoms with Gasteiger partial charge in [-0.3, -0.25) is 9.10 Å². The summed E-state index contributed by atoms with van der Waals surface area (Å²) in [5, 5.41) is 0.582. The largest absolute Gasteiger partial charge is 0.268 e. The number of carbonyl (C=O) groups excluding carboxylic acids is 1. The van der Waals surface area contributed by atoms with Crippen LogP contribution in [-0.2, 0) is 11.0 Å². The Morgan fingerprint density at radius 3 is 2.44 bits per heavy atom. The van der Waals surface area contributed by atoms with E-state index in [4.69, 9.17) is 11.6 Å². The first-order valence-corrected chi connectivity index (χ1v) is 7.25. The highest BCUT2D eigenvalue weighted by Crippen LogP contribution is 2.20. The molecule has 1 heterocycles. The fraction of sp³-hybridized carbons (Fsp3) is 0.308. The van der Waals surface area contributed by atoms with Gasteiger partial charge < -0.3 is 0 Å². The summed E-state index contributed by atoms with van der Waals surface area (Å²) in [6.07, 6.45) is 0. The molecule has 0 aliphatic carbocycles. The molecule has 0 N–H and O–H groups in total. The second-order valence-corrected chi connectivity index (χ2v) is 6.18. The monoisotopic (exact) mass is 283 g/mol. The molecule has 0 bridgehead atoms. The summed E-state index contributed by atoms with van der Waals surface area (Å²) < 4.78 is 13.4. The summed E-state index contributed by atoms with van der Waals surface area (Å²) in [7, 11) is -1.27. The molecule has 1 aromatic carbocycles. The van der Waals surface area contributed by atoms with E-state index in [1.54, 1.807) is 24.3 Å². The van der Waals surface area contributed by atoms with Crippen molar-refractivity contribution in [3.05, 3.63) is 46.0 Å². The topological polar surface area (TPSA) is 37.4 Å². The molecule has 1 amide bonds. The van der Waals surface area contributed by atoms with Crippen molar-refractivity contribution in [1.82, 2.24) is 4.31 Å². The third kappa shape index (κ3) is 2.65. The van der Waals surface area contributed by atoms with Crippen LogP contribution in [0.2, 0.25) is 5.02 Å². The molecule has 0 spiro atoms. The van der Waals surface area contributed by atoms with Crippen LogP contribution < -0.4 is 0 Å². The van der Waals surface area contributed by atoms with Crippen molar-refractivity contribution in [3.63, 3.8) is 0 Å². The average Bonchev–Trinajstić information content (AvgIpc) is 2.34. The highest BCUT2D eigenvalue weighted by Gasteiger charge is 2.26. The Morgan fingerprint density at radius 2 is 1.83 bits per heavy atom. The molecule has 1 aliphatic heterocycles. The number of carbonyl (C=O) groups is 1. The molecule has 2 rings (SSSR count). The van der Waals surface area contributed by atoms with Crippen molar-refractivity contribution in [1.29, 1.82) is 0 Å². The molecule has 1 unspecified atom stereocenters. The van der Waals surface area contributed by atoms with E-state index in [0.29, 0.717) is 22.9 Å². The fourth-order valence-corrected chi connectivity index (χ4v) is 3.24. The Kier molecular flexibility index (Phi) is 3.88. The van der Waals surface area contributed by atoms with Gasteiger partial charge in [0.05, 0.1) is 12.3 Å². The number of rotatable bonds is 1. The molecule has 0 fully saturated rings. The maximum atomic E-state index is 12.2. The summed E-state index contributed by atoms with van der Waals surface area (Å²) in [5.74, 6) is 0.224. The first-order chi connectivity index (χ1) is 8.49. The minimum Gasteiger partial charge on any atom is -0.268 e. The molecule has 1 aliphatic rings. The summed E-state index contributed by atoms with van der Waals surface area (Å²) in [5.41, 5.74) is 2.73. The highest BCUT2D eigenvalue weighted by molar-refractivity contribution is 7.83. The van der Waals surface area contributed by atoms with Gasteiger partial charge in [-0.25, -0.2) is 4.21 Å². The molecule has 5 heteroatoms.